The molecule has 0 aromatic heterocycles. The van der Waals surface area contributed by atoms with Gasteiger partial charge in [0.1, 0.15) is 0 Å². The number of amides is 2. The normalized spacial score (nSPS) is 18.7. The Morgan fingerprint density at radius 2 is 1.58 bits per heavy atom. The van der Waals surface area contributed by atoms with Crippen molar-refractivity contribution in [1.82, 2.24) is 5.32 Å². The maximum atomic E-state index is 12.2. The molecule has 2 aromatic rings. The van der Waals surface area contributed by atoms with E-state index in [1.54, 1.807) is 0 Å². The topological polar surface area (TPSA) is 58.2 Å². The summed E-state index contributed by atoms with van der Waals surface area (Å²) in [5, 5.41) is 5.80. The van der Waals surface area contributed by atoms with E-state index in [0.717, 1.165) is 17.7 Å². The molecule has 0 radical (unpaired) electrons. The van der Waals surface area contributed by atoms with Crippen molar-refractivity contribution in [2.75, 3.05) is 5.32 Å². The molecule has 0 aliphatic heterocycles. The third kappa shape index (κ3) is 4.02. The van der Waals surface area contributed by atoms with Crippen LogP contribution in [-0.4, -0.2) is 11.8 Å². The molecule has 2 unspecified atom stereocenters. The molecule has 1 aliphatic carbocycles. The van der Waals surface area contributed by atoms with Crippen molar-refractivity contribution in [3.63, 3.8) is 0 Å². The zero-order chi connectivity index (χ0) is 16.9. The van der Waals surface area contributed by atoms with E-state index in [9.17, 15) is 9.59 Å². The van der Waals surface area contributed by atoms with Crippen molar-refractivity contribution >= 4 is 17.5 Å². The fraction of sp³-hybridized carbons (Fsp3) is 0.300. The van der Waals surface area contributed by atoms with Crippen LogP contribution in [0, 0.1) is 11.8 Å². The van der Waals surface area contributed by atoms with Crippen molar-refractivity contribution in [2.45, 2.75) is 26.3 Å². The minimum Gasteiger partial charge on any atom is -0.352 e. The summed E-state index contributed by atoms with van der Waals surface area (Å²) < 4.78 is 0. The molecule has 1 saturated carbocycles. The molecule has 0 spiro atoms. The third-order valence-corrected chi connectivity index (χ3v) is 4.40. The molecule has 4 nitrogen and oxygen atoms in total. The first-order valence-corrected chi connectivity index (χ1v) is 8.39. The van der Waals surface area contributed by atoms with Crippen LogP contribution in [-0.2, 0) is 22.6 Å². The lowest BCUT2D eigenvalue weighted by Gasteiger charge is -2.07. The van der Waals surface area contributed by atoms with E-state index in [4.69, 9.17) is 0 Å². The molecular weight excluding hydrogens is 300 g/mol. The van der Waals surface area contributed by atoms with Crippen molar-refractivity contribution in [3.8, 4) is 0 Å². The number of aryl methyl sites for hydroxylation is 1. The summed E-state index contributed by atoms with van der Waals surface area (Å²) in [4.78, 5) is 24.4. The van der Waals surface area contributed by atoms with Gasteiger partial charge < -0.3 is 10.6 Å². The molecule has 1 aliphatic rings. The number of hydrogen-bond acceptors (Lipinski definition) is 2. The smallest absolute Gasteiger partial charge is 0.228 e. The van der Waals surface area contributed by atoms with Crippen molar-refractivity contribution in [2.24, 2.45) is 11.8 Å². The monoisotopic (exact) mass is 322 g/mol. The second kappa shape index (κ2) is 7.30. The van der Waals surface area contributed by atoms with Crippen LogP contribution >= 0.6 is 0 Å². The van der Waals surface area contributed by atoms with Crippen LogP contribution in [0.25, 0.3) is 0 Å². The van der Waals surface area contributed by atoms with E-state index in [-0.39, 0.29) is 23.7 Å². The average Bonchev–Trinajstić information content (AvgIpc) is 3.42. The summed E-state index contributed by atoms with van der Waals surface area (Å²) in [5.74, 6) is -0.533. The van der Waals surface area contributed by atoms with Crippen molar-refractivity contribution in [3.05, 3.63) is 65.7 Å². The third-order valence-electron chi connectivity index (χ3n) is 4.40. The van der Waals surface area contributed by atoms with Crippen molar-refractivity contribution < 1.29 is 9.59 Å². The van der Waals surface area contributed by atoms with Crippen molar-refractivity contribution in [1.29, 1.82) is 0 Å². The Balaban J connectivity index is 1.47. The van der Waals surface area contributed by atoms with Gasteiger partial charge in [-0.2, -0.15) is 0 Å². The zero-order valence-corrected chi connectivity index (χ0v) is 13.8. The molecule has 2 amide bonds. The largest absolute Gasteiger partial charge is 0.352 e. The van der Waals surface area contributed by atoms with Gasteiger partial charge in [-0.1, -0.05) is 49.4 Å². The minimum atomic E-state index is -0.216. The van der Waals surface area contributed by atoms with Gasteiger partial charge in [0.05, 0.1) is 11.8 Å². The molecule has 0 heterocycles. The second-order valence-electron chi connectivity index (χ2n) is 6.19. The number of benzene rings is 2. The van der Waals surface area contributed by atoms with Crippen LogP contribution in [0.5, 0.6) is 0 Å². The van der Waals surface area contributed by atoms with Gasteiger partial charge in [-0.25, -0.2) is 0 Å². The SMILES string of the molecule is CCc1ccc(NC(=O)C2CC2C(=O)NCc2ccccc2)cc1. The van der Waals surface area contributed by atoms with Gasteiger partial charge in [0.25, 0.3) is 0 Å². The maximum absolute atomic E-state index is 12.2. The molecule has 124 valence electrons. The van der Waals surface area contributed by atoms with Gasteiger partial charge >= 0.3 is 0 Å². The van der Waals surface area contributed by atoms with E-state index >= 15 is 0 Å². The standard InChI is InChI=1S/C20H22N2O2/c1-2-14-8-10-16(11-9-14)22-20(24)18-12-17(18)19(23)21-13-15-6-4-3-5-7-15/h3-11,17-18H,2,12-13H2,1H3,(H,21,23)(H,22,24). The Labute approximate surface area is 142 Å². The molecule has 0 bridgehead atoms. The number of anilines is 1. The second-order valence-corrected chi connectivity index (χ2v) is 6.19. The van der Waals surface area contributed by atoms with Gasteiger partial charge in [-0.3, -0.25) is 9.59 Å². The molecule has 2 N–H and O–H groups in total. The molecule has 0 saturated heterocycles. The van der Waals surface area contributed by atoms with E-state index in [2.05, 4.69) is 17.6 Å². The molecule has 1 fully saturated rings. The summed E-state index contributed by atoms with van der Waals surface area (Å²) in [6, 6.07) is 17.6. The van der Waals surface area contributed by atoms with Gasteiger partial charge in [-0.15, -0.1) is 0 Å². The van der Waals surface area contributed by atoms with Gasteiger partial charge in [0.2, 0.25) is 11.8 Å². The molecule has 2 aromatic carbocycles. The Bertz CT molecular complexity index is 710. The molecular formula is C20H22N2O2. The highest BCUT2D eigenvalue weighted by molar-refractivity contribution is 5.99. The Hall–Kier alpha value is -2.62. The average molecular weight is 322 g/mol. The predicted molar refractivity (Wildman–Crippen MR) is 94.3 cm³/mol. The first kappa shape index (κ1) is 16.2. The molecule has 4 heteroatoms. The zero-order valence-electron chi connectivity index (χ0n) is 13.8. The Kier molecular flexibility index (Phi) is 4.94. The van der Waals surface area contributed by atoms with Crippen LogP contribution in [0.1, 0.15) is 24.5 Å². The van der Waals surface area contributed by atoms with Crippen LogP contribution in [0.3, 0.4) is 0 Å². The predicted octanol–water partition coefficient (Wildman–Crippen LogP) is 3.14. The van der Waals surface area contributed by atoms with E-state index in [0.29, 0.717) is 13.0 Å². The van der Waals surface area contributed by atoms with Gasteiger partial charge in [0, 0.05) is 12.2 Å². The van der Waals surface area contributed by atoms with Crippen LogP contribution in [0.4, 0.5) is 5.69 Å². The fourth-order valence-corrected chi connectivity index (χ4v) is 2.75. The highest BCUT2D eigenvalue weighted by Crippen LogP contribution is 2.39. The van der Waals surface area contributed by atoms with Gasteiger partial charge in [0.15, 0.2) is 0 Å². The number of carbonyl (C=O) groups is 2. The highest BCUT2D eigenvalue weighted by Gasteiger charge is 2.47. The summed E-state index contributed by atoms with van der Waals surface area (Å²) in [7, 11) is 0. The minimum absolute atomic E-state index is 0.0414. The summed E-state index contributed by atoms with van der Waals surface area (Å²) in [5.41, 5.74) is 3.08. The number of nitrogens with one attached hydrogen (secondary N) is 2. The van der Waals surface area contributed by atoms with Crippen LogP contribution in [0.2, 0.25) is 0 Å². The van der Waals surface area contributed by atoms with Gasteiger partial charge in [-0.05, 0) is 36.1 Å². The molecule has 24 heavy (non-hydrogen) atoms. The van der Waals surface area contributed by atoms with Crippen LogP contribution < -0.4 is 10.6 Å². The quantitative estimate of drug-likeness (QED) is 0.858. The first-order valence-electron chi connectivity index (χ1n) is 8.39. The maximum Gasteiger partial charge on any atom is 0.228 e. The fourth-order valence-electron chi connectivity index (χ4n) is 2.75. The number of carbonyl (C=O) groups excluding carboxylic acids is 2. The summed E-state index contributed by atoms with van der Waals surface area (Å²) in [6.07, 6.45) is 1.60. The number of rotatable bonds is 6. The molecule has 2 atom stereocenters. The molecule has 3 rings (SSSR count). The first-order chi connectivity index (χ1) is 11.7. The van der Waals surface area contributed by atoms with E-state index in [1.165, 1.54) is 5.56 Å². The lowest BCUT2D eigenvalue weighted by Crippen LogP contribution is -2.27. The van der Waals surface area contributed by atoms with E-state index in [1.807, 2.05) is 54.6 Å². The summed E-state index contributed by atoms with van der Waals surface area (Å²) >= 11 is 0. The summed E-state index contributed by atoms with van der Waals surface area (Å²) in [6.45, 7) is 2.60. The highest BCUT2D eigenvalue weighted by atomic mass is 16.2. The Morgan fingerprint density at radius 1 is 0.917 bits per heavy atom. The van der Waals surface area contributed by atoms with Crippen LogP contribution in [0.15, 0.2) is 54.6 Å². The Morgan fingerprint density at radius 3 is 2.25 bits per heavy atom. The lowest BCUT2D eigenvalue weighted by atomic mass is 10.1. The van der Waals surface area contributed by atoms with E-state index < -0.39 is 0 Å². The number of hydrogen-bond donors (Lipinski definition) is 2. The lowest BCUT2D eigenvalue weighted by molar-refractivity contribution is -0.125.